The van der Waals surface area contributed by atoms with E-state index in [2.05, 4.69) is 36.8 Å². The van der Waals surface area contributed by atoms with E-state index < -0.39 is 0 Å². The molecule has 0 aromatic carbocycles. The van der Waals surface area contributed by atoms with Crippen molar-refractivity contribution in [3.05, 3.63) is 28.5 Å². The number of carbonyl (C=O) groups is 1. The maximum atomic E-state index is 12.2. The Hall–Kier alpha value is -0.420. The van der Waals surface area contributed by atoms with E-state index in [1.165, 1.54) is 0 Å². The van der Waals surface area contributed by atoms with Gasteiger partial charge in [0.15, 0.2) is 0 Å². The lowest BCUT2D eigenvalue weighted by molar-refractivity contribution is 0.0692. The van der Waals surface area contributed by atoms with Gasteiger partial charge in [-0.25, -0.2) is 4.98 Å². The molecule has 1 saturated heterocycles. The summed E-state index contributed by atoms with van der Waals surface area (Å²) in [7, 11) is 0. The van der Waals surface area contributed by atoms with Crippen molar-refractivity contribution < 1.29 is 4.79 Å². The molecule has 5 heteroatoms. The summed E-state index contributed by atoms with van der Waals surface area (Å²) < 4.78 is 0.771. The smallest absolute Gasteiger partial charge is 0.273 e. The fourth-order valence-corrected chi connectivity index (χ4v) is 3.06. The van der Waals surface area contributed by atoms with Crippen LogP contribution >= 0.6 is 31.9 Å². The number of hydrogen-bond acceptors (Lipinski definition) is 2. The Morgan fingerprint density at radius 1 is 1.47 bits per heavy atom. The molecule has 1 aromatic heterocycles. The van der Waals surface area contributed by atoms with Gasteiger partial charge in [0.05, 0.1) is 0 Å². The number of alkyl halides is 1. The molecule has 0 atom stereocenters. The minimum Gasteiger partial charge on any atom is -0.337 e. The molecule has 0 spiro atoms. The summed E-state index contributed by atoms with van der Waals surface area (Å²) in [5, 5.41) is 1.03. The third-order valence-corrected chi connectivity index (χ3v) is 4.64. The fourth-order valence-electron chi connectivity index (χ4n) is 1.98. The largest absolute Gasteiger partial charge is 0.337 e. The molecule has 0 unspecified atom stereocenters. The van der Waals surface area contributed by atoms with Crippen LogP contribution in [0.2, 0.25) is 0 Å². The van der Waals surface area contributed by atoms with E-state index in [0.717, 1.165) is 35.7 Å². The molecule has 1 fully saturated rings. The van der Waals surface area contributed by atoms with Gasteiger partial charge in [-0.15, -0.1) is 0 Å². The molecule has 1 aliphatic heterocycles. The maximum absolute atomic E-state index is 12.2. The zero-order chi connectivity index (χ0) is 12.3. The Labute approximate surface area is 118 Å². The van der Waals surface area contributed by atoms with Crippen molar-refractivity contribution in [2.24, 2.45) is 5.92 Å². The number of rotatable bonds is 2. The van der Waals surface area contributed by atoms with Gasteiger partial charge in [-0.1, -0.05) is 15.9 Å². The van der Waals surface area contributed by atoms with Gasteiger partial charge in [0, 0.05) is 29.1 Å². The Morgan fingerprint density at radius 3 is 2.76 bits per heavy atom. The van der Waals surface area contributed by atoms with Gasteiger partial charge >= 0.3 is 0 Å². The van der Waals surface area contributed by atoms with Crippen LogP contribution in [0, 0.1) is 5.92 Å². The number of hydrogen-bond donors (Lipinski definition) is 0. The van der Waals surface area contributed by atoms with E-state index in [1.807, 2.05) is 17.0 Å². The third-order valence-electron chi connectivity index (χ3n) is 3.08. The van der Waals surface area contributed by atoms with Gasteiger partial charge in [0.1, 0.15) is 5.69 Å². The number of piperidine rings is 1. The molecule has 0 bridgehead atoms. The van der Waals surface area contributed by atoms with Crippen LogP contribution < -0.4 is 0 Å². The van der Waals surface area contributed by atoms with Gasteiger partial charge in [-0.2, -0.15) is 0 Å². The second kappa shape index (κ2) is 5.96. The van der Waals surface area contributed by atoms with Crippen LogP contribution in [-0.2, 0) is 0 Å². The normalized spacial score (nSPS) is 17.2. The Balaban J connectivity index is 2.04. The molecule has 1 aromatic rings. The van der Waals surface area contributed by atoms with E-state index >= 15 is 0 Å². The van der Waals surface area contributed by atoms with Crippen molar-refractivity contribution >= 4 is 37.8 Å². The van der Waals surface area contributed by atoms with E-state index in [0.29, 0.717) is 11.6 Å². The first kappa shape index (κ1) is 13.0. The minimum absolute atomic E-state index is 0.0329. The van der Waals surface area contributed by atoms with Gasteiger partial charge in [-0.3, -0.25) is 4.79 Å². The summed E-state index contributed by atoms with van der Waals surface area (Å²) >= 11 is 6.87. The number of pyridine rings is 1. The first-order valence-corrected chi connectivity index (χ1v) is 7.59. The van der Waals surface area contributed by atoms with Crippen LogP contribution in [0.25, 0.3) is 0 Å². The monoisotopic (exact) mass is 360 g/mol. The number of amides is 1. The lowest BCUT2D eigenvalue weighted by atomic mass is 9.99. The van der Waals surface area contributed by atoms with E-state index in [-0.39, 0.29) is 5.91 Å². The minimum atomic E-state index is 0.0329. The summed E-state index contributed by atoms with van der Waals surface area (Å²) in [6.07, 6.45) is 3.80. The summed E-state index contributed by atoms with van der Waals surface area (Å²) in [6.45, 7) is 1.66. The lowest BCUT2D eigenvalue weighted by Crippen LogP contribution is -2.39. The zero-order valence-corrected chi connectivity index (χ0v) is 12.6. The predicted molar refractivity (Wildman–Crippen MR) is 74.4 cm³/mol. The molecule has 0 aliphatic carbocycles. The standard InChI is InChI=1S/C12H14Br2N2O/c13-8-9-3-6-16(7-4-9)12(17)11-10(14)2-1-5-15-11/h1-2,5,9H,3-4,6-8H2. The molecule has 2 heterocycles. The van der Waals surface area contributed by atoms with E-state index in [1.54, 1.807) is 6.20 Å². The van der Waals surface area contributed by atoms with Crippen molar-refractivity contribution in [2.75, 3.05) is 18.4 Å². The molecular weight excluding hydrogens is 348 g/mol. The molecule has 0 N–H and O–H groups in total. The number of halogens is 2. The van der Waals surface area contributed by atoms with Crippen molar-refractivity contribution in [1.29, 1.82) is 0 Å². The number of aromatic nitrogens is 1. The van der Waals surface area contributed by atoms with Crippen LogP contribution in [0.3, 0.4) is 0 Å². The summed E-state index contributed by atoms with van der Waals surface area (Å²) in [5.41, 5.74) is 0.518. The summed E-state index contributed by atoms with van der Waals surface area (Å²) in [5.74, 6) is 0.733. The molecular formula is C12H14Br2N2O. The fraction of sp³-hybridized carbons (Fsp3) is 0.500. The van der Waals surface area contributed by atoms with Crippen molar-refractivity contribution in [1.82, 2.24) is 9.88 Å². The Morgan fingerprint density at radius 2 is 2.18 bits per heavy atom. The van der Waals surface area contributed by atoms with E-state index in [4.69, 9.17) is 0 Å². The Bertz CT molecular complexity index is 403. The van der Waals surface area contributed by atoms with Crippen LogP contribution in [-0.4, -0.2) is 34.2 Å². The molecule has 17 heavy (non-hydrogen) atoms. The lowest BCUT2D eigenvalue weighted by Gasteiger charge is -2.31. The summed E-state index contributed by atoms with van der Waals surface area (Å²) in [6, 6.07) is 3.67. The third kappa shape index (κ3) is 3.07. The summed E-state index contributed by atoms with van der Waals surface area (Å²) in [4.78, 5) is 18.3. The molecule has 0 radical (unpaired) electrons. The first-order chi connectivity index (χ1) is 8.22. The van der Waals surface area contributed by atoms with Gasteiger partial charge in [0.2, 0.25) is 0 Å². The molecule has 2 rings (SSSR count). The number of likely N-dealkylation sites (tertiary alicyclic amines) is 1. The maximum Gasteiger partial charge on any atom is 0.273 e. The van der Waals surface area contributed by atoms with Gasteiger partial charge in [-0.05, 0) is 46.8 Å². The highest BCUT2D eigenvalue weighted by atomic mass is 79.9. The van der Waals surface area contributed by atoms with Crippen LogP contribution in [0.1, 0.15) is 23.3 Å². The molecule has 3 nitrogen and oxygen atoms in total. The predicted octanol–water partition coefficient (Wildman–Crippen LogP) is 3.09. The van der Waals surface area contributed by atoms with E-state index in [9.17, 15) is 4.79 Å². The average molecular weight is 362 g/mol. The Kier molecular flexibility index (Phi) is 4.56. The average Bonchev–Trinajstić information content (AvgIpc) is 2.39. The van der Waals surface area contributed by atoms with Crippen molar-refractivity contribution in [3.8, 4) is 0 Å². The zero-order valence-electron chi connectivity index (χ0n) is 9.40. The highest BCUT2D eigenvalue weighted by molar-refractivity contribution is 9.10. The second-order valence-corrected chi connectivity index (χ2v) is 5.73. The number of nitrogens with zero attached hydrogens (tertiary/aromatic N) is 2. The van der Waals surface area contributed by atoms with Crippen LogP contribution in [0.15, 0.2) is 22.8 Å². The number of carbonyl (C=O) groups excluding carboxylic acids is 1. The van der Waals surface area contributed by atoms with Crippen LogP contribution in [0.4, 0.5) is 0 Å². The SMILES string of the molecule is O=C(c1ncccc1Br)N1CCC(CBr)CC1. The van der Waals surface area contributed by atoms with Crippen LogP contribution in [0.5, 0.6) is 0 Å². The van der Waals surface area contributed by atoms with Crippen molar-refractivity contribution in [3.63, 3.8) is 0 Å². The topological polar surface area (TPSA) is 33.2 Å². The molecule has 92 valence electrons. The molecule has 0 saturated carbocycles. The quantitative estimate of drug-likeness (QED) is 0.758. The van der Waals surface area contributed by atoms with Crippen molar-refractivity contribution in [2.45, 2.75) is 12.8 Å². The van der Waals surface area contributed by atoms with Gasteiger partial charge < -0.3 is 4.90 Å². The molecule has 1 amide bonds. The highest BCUT2D eigenvalue weighted by Crippen LogP contribution is 2.22. The highest BCUT2D eigenvalue weighted by Gasteiger charge is 2.24. The first-order valence-electron chi connectivity index (χ1n) is 5.68. The second-order valence-electron chi connectivity index (χ2n) is 4.22. The molecule has 1 aliphatic rings. The van der Waals surface area contributed by atoms with Gasteiger partial charge in [0.25, 0.3) is 5.91 Å².